The molecule has 0 saturated heterocycles. The average Bonchev–Trinajstić information content (AvgIpc) is 3.12. The largest absolute Gasteiger partial charge is 0.326 e. The van der Waals surface area contributed by atoms with Crippen LogP contribution >= 0.6 is 11.8 Å². The summed E-state index contributed by atoms with van der Waals surface area (Å²) in [7, 11) is 0. The number of halogens is 1. The Morgan fingerprint density at radius 1 is 1.23 bits per heavy atom. The lowest BCUT2D eigenvalue weighted by Crippen LogP contribution is -2.17. The van der Waals surface area contributed by atoms with Gasteiger partial charge in [0.25, 0.3) is 0 Å². The molecule has 5 heteroatoms. The molecular formula is C21H26ClN3O. The van der Waals surface area contributed by atoms with Crippen LogP contribution in [0.5, 0.6) is 0 Å². The highest BCUT2D eigenvalue weighted by Crippen LogP contribution is 2.29. The van der Waals surface area contributed by atoms with Crippen LogP contribution in [0.1, 0.15) is 48.8 Å². The van der Waals surface area contributed by atoms with Gasteiger partial charge in [-0.15, -0.1) is 0 Å². The van der Waals surface area contributed by atoms with Crippen LogP contribution in [0, 0.1) is 19.8 Å². The number of carbonyl (C=O) groups excluding carboxylic acids is 1. The first-order valence-electron chi connectivity index (χ1n) is 9.27. The molecule has 1 amide bonds. The van der Waals surface area contributed by atoms with Crippen molar-refractivity contribution in [2.24, 2.45) is 5.92 Å². The molecule has 138 valence electrons. The van der Waals surface area contributed by atoms with Gasteiger partial charge in [0.05, 0.1) is 6.54 Å². The smallest absolute Gasteiger partial charge is 0.224 e. The highest BCUT2D eigenvalue weighted by Gasteiger charge is 2.19. The van der Waals surface area contributed by atoms with Crippen LogP contribution in [0.2, 0.25) is 0 Å². The summed E-state index contributed by atoms with van der Waals surface area (Å²) in [6.07, 6.45) is 7.25. The summed E-state index contributed by atoms with van der Waals surface area (Å²) in [6, 6.07) is 9.82. The van der Waals surface area contributed by atoms with Gasteiger partial charge in [-0.1, -0.05) is 31.0 Å². The van der Waals surface area contributed by atoms with Gasteiger partial charge in [0, 0.05) is 30.1 Å². The number of rotatable bonds is 6. The Morgan fingerprint density at radius 3 is 2.54 bits per heavy atom. The zero-order chi connectivity index (χ0) is 18.5. The molecule has 26 heavy (non-hydrogen) atoms. The van der Waals surface area contributed by atoms with Gasteiger partial charge in [0.2, 0.25) is 5.91 Å². The number of pyridine rings is 1. The van der Waals surface area contributed by atoms with Crippen molar-refractivity contribution in [1.29, 1.82) is 0 Å². The molecule has 1 aromatic carbocycles. The van der Waals surface area contributed by atoms with E-state index in [0.29, 0.717) is 18.9 Å². The summed E-state index contributed by atoms with van der Waals surface area (Å²) in [5.74, 6) is 1.40. The Labute approximate surface area is 160 Å². The summed E-state index contributed by atoms with van der Waals surface area (Å²) >= 11 is 6.37. The summed E-state index contributed by atoms with van der Waals surface area (Å²) in [6.45, 7) is 4.61. The molecule has 1 aliphatic rings. The van der Waals surface area contributed by atoms with Crippen LogP contribution in [-0.2, 0) is 11.3 Å². The van der Waals surface area contributed by atoms with E-state index in [-0.39, 0.29) is 5.91 Å². The van der Waals surface area contributed by atoms with Crippen molar-refractivity contribution in [3.05, 3.63) is 53.2 Å². The van der Waals surface area contributed by atoms with Gasteiger partial charge in [0.1, 0.15) is 5.82 Å². The Kier molecular flexibility index (Phi) is 6.15. The Balaban J connectivity index is 1.66. The normalized spacial score (nSPS) is 14.4. The molecule has 0 bridgehead atoms. The third-order valence-electron chi connectivity index (χ3n) is 5.02. The first kappa shape index (κ1) is 18.7. The maximum atomic E-state index is 12.4. The molecule has 1 aromatic heterocycles. The third kappa shape index (κ3) is 4.76. The van der Waals surface area contributed by atoms with Crippen LogP contribution < -0.4 is 9.74 Å². The first-order valence-corrected chi connectivity index (χ1v) is 9.61. The second kappa shape index (κ2) is 8.54. The number of amides is 1. The number of nitrogens with zero attached hydrogens (tertiary/aromatic N) is 2. The highest BCUT2D eigenvalue weighted by atomic mass is 35.5. The van der Waals surface area contributed by atoms with Crippen LogP contribution in [0.4, 0.5) is 11.5 Å². The Bertz CT molecular complexity index is 734. The van der Waals surface area contributed by atoms with Crippen molar-refractivity contribution in [1.82, 2.24) is 4.98 Å². The predicted octanol–water partition coefficient (Wildman–Crippen LogP) is 5.38. The van der Waals surface area contributed by atoms with E-state index >= 15 is 0 Å². The van der Waals surface area contributed by atoms with Crippen molar-refractivity contribution >= 4 is 29.2 Å². The van der Waals surface area contributed by atoms with Gasteiger partial charge in [-0.05, 0) is 61.4 Å². The fourth-order valence-electron chi connectivity index (χ4n) is 3.75. The lowest BCUT2D eigenvalue weighted by Gasteiger charge is -2.18. The van der Waals surface area contributed by atoms with E-state index in [1.807, 2.05) is 32.0 Å². The number of anilines is 2. The van der Waals surface area contributed by atoms with E-state index in [4.69, 9.17) is 11.8 Å². The molecule has 3 rings (SSSR count). The lowest BCUT2D eigenvalue weighted by molar-refractivity contribution is -0.117. The van der Waals surface area contributed by atoms with Crippen LogP contribution in [0.15, 0.2) is 36.5 Å². The number of aromatic nitrogens is 1. The summed E-state index contributed by atoms with van der Waals surface area (Å²) in [5.41, 5.74) is 4.14. The van der Waals surface area contributed by atoms with Gasteiger partial charge in [0.15, 0.2) is 0 Å². The topological polar surface area (TPSA) is 45.2 Å². The number of nitrogens with one attached hydrogen (secondary N) is 1. The van der Waals surface area contributed by atoms with Gasteiger partial charge < -0.3 is 5.32 Å². The second-order valence-electron chi connectivity index (χ2n) is 7.22. The highest BCUT2D eigenvalue weighted by molar-refractivity contribution is 6.25. The molecule has 0 unspecified atom stereocenters. The van der Waals surface area contributed by atoms with E-state index in [2.05, 4.69) is 22.4 Å². The molecule has 0 spiro atoms. The fourth-order valence-corrected chi connectivity index (χ4v) is 3.99. The van der Waals surface area contributed by atoms with Crippen LogP contribution in [0.3, 0.4) is 0 Å². The van der Waals surface area contributed by atoms with Crippen LogP contribution in [-0.4, -0.2) is 10.9 Å². The predicted molar refractivity (Wildman–Crippen MR) is 107 cm³/mol. The summed E-state index contributed by atoms with van der Waals surface area (Å²) in [5, 5.41) is 3.12. The van der Waals surface area contributed by atoms with E-state index in [1.54, 1.807) is 10.6 Å². The van der Waals surface area contributed by atoms with Crippen molar-refractivity contribution in [2.75, 3.05) is 9.74 Å². The number of carbonyl (C=O) groups is 1. The van der Waals surface area contributed by atoms with Crippen LogP contribution in [0.25, 0.3) is 0 Å². The summed E-state index contributed by atoms with van der Waals surface area (Å²) in [4.78, 5) is 16.6. The lowest BCUT2D eigenvalue weighted by atomic mass is 10.0. The zero-order valence-corrected chi connectivity index (χ0v) is 16.2. The van der Waals surface area contributed by atoms with E-state index in [9.17, 15) is 4.79 Å². The molecule has 0 aliphatic heterocycles. The number of hydrogen-bond donors (Lipinski definition) is 1. The maximum Gasteiger partial charge on any atom is 0.224 e. The van der Waals surface area contributed by atoms with Crippen molar-refractivity contribution in [3.8, 4) is 0 Å². The number of aryl methyl sites for hydroxylation is 2. The minimum Gasteiger partial charge on any atom is -0.326 e. The second-order valence-corrected chi connectivity index (χ2v) is 7.62. The standard InChI is InChI=1S/C21H26ClN3O/c1-15-11-18(14-25(22)19-9-5-6-10-23-19)12-16(2)21(15)24-20(26)13-17-7-3-4-8-17/h5-6,9-12,17H,3-4,7-8,13-14H2,1-2H3,(H,24,26). The molecule has 1 fully saturated rings. The molecule has 0 radical (unpaired) electrons. The SMILES string of the molecule is Cc1cc(CN(Cl)c2ccccn2)cc(C)c1NC(=O)CC1CCCC1. The molecule has 0 atom stereocenters. The molecule has 2 aromatic rings. The minimum atomic E-state index is 0.128. The van der Waals surface area contributed by atoms with E-state index in [0.717, 1.165) is 28.2 Å². The average molecular weight is 372 g/mol. The van der Waals surface area contributed by atoms with Crippen molar-refractivity contribution in [2.45, 2.75) is 52.5 Å². The van der Waals surface area contributed by atoms with Gasteiger partial charge in [-0.25, -0.2) is 4.98 Å². The third-order valence-corrected chi connectivity index (χ3v) is 5.32. The van der Waals surface area contributed by atoms with E-state index in [1.165, 1.54) is 25.7 Å². The Hall–Kier alpha value is -2.07. The zero-order valence-electron chi connectivity index (χ0n) is 15.5. The van der Waals surface area contributed by atoms with Gasteiger partial charge in [-0.2, -0.15) is 0 Å². The van der Waals surface area contributed by atoms with Crippen molar-refractivity contribution < 1.29 is 4.79 Å². The molecule has 4 nitrogen and oxygen atoms in total. The van der Waals surface area contributed by atoms with Crippen molar-refractivity contribution in [3.63, 3.8) is 0 Å². The summed E-state index contributed by atoms with van der Waals surface area (Å²) < 4.78 is 1.60. The molecule has 1 heterocycles. The Morgan fingerprint density at radius 2 is 1.92 bits per heavy atom. The molecule has 1 aliphatic carbocycles. The number of hydrogen-bond acceptors (Lipinski definition) is 3. The van der Waals surface area contributed by atoms with E-state index < -0.39 is 0 Å². The van der Waals surface area contributed by atoms with Gasteiger partial charge in [-0.3, -0.25) is 9.21 Å². The number of benzene rings is 1. The minimum absolute atomic E-state index is 0.128. The fraction of sp³-hybridized carbons (Fsp3) is 0.429. The van der Waals surface area contributed by atoms with Gasteiger partial charge >= 0.3 is 0 Å². The molecule has 1 saturated carbocycles. The monoisotopic (exact) mass is 371 g/mol. The quantitative estimate of drug-likeness (QED) is 0.693. The first-order chi connectivity index (χ1) is 12.5. The maximum absolute atomic E-state index is 12.4. The molecular weight excluding hydrogens is 346 g/mol. The molecule has 1 N–H and O–H groups in total.